The van der Waals surface area contributed by atoms with Crippen molar-refractivity contribution in [2.75, 3.05) is 5.01 Å². The molecule has 0 unspecified atom stereocenters. The highest BCUT2D eigenvalue weighted by molar-refractivity contribution is 9.10. The lowest BCUT2D eigenvalue weighted by atomic mass is 10.2. The number of thiophene rings is 2. The third kappa shape index (κ3) is 3.95. The molecule has 0 bridgehead atoms. The molecule has 2 N–H and O–H groups in total. The molecule has 1 aromatic carbocycles. The Labute approximate surface area is 171 Å². The van der Waals surface area contributed by atoms with Gasteiger partial charge in [0.05, 0.1) is 9.75 Å². The molecule has 27 heavy (non-hydrogen) atoms. The largest absolute Gasteiger partial charge is 0.504 e. The summed E-state index contributed by atoms with van der Waals surface area (Å²) in [6.45, 7) is 1.65. The molecule has 0 saturated heterocycles. The minimum absolute atomic E-state index is 0.0590. The summed E-state index contributed by atoms with van der Waals surface area (Å²) in [5.74, 6) is -1.67. The van der Waals surface area contributed by atoms with E-state index in [2.05, 4.69) is 21.0 Å². The number of anilines is 1. The van der Waals surface area contributed by atoms with Crippen molar-refractivity contribution >= 4 is 62.4 Å². The Morgan fingerprint density at radius 2 is 1.81 bits per heavy atom. The van der Waals surface area contributed by atoms with E-state index in [9.17, 15) is 14.7 Å². The van der Waals surface area contributed by atoms with Gasteiger partial charge in [0, 0.05) is 16.1 Å². The average Bonchev–Trinajstić information content (AvgIpc) is 3.27. The summed E-state index contributed by atoms with van der Waals surface area (Å²) in [4.78, 5) is 24.8. The summed E-state index contributed by atoms with van der Waals surface area (Å²) in [6, 6.07) is 10.2. The van der Waals surface area contributed by atoms with Crippen molar-refractivity contribution in [3.05, 3.63) is 56.0 Å². The zero-order valence-corrected chi connectivity index (χ0v) is 17.1. The Morgan fingerprint density at radius 1 is 1.15 bits per heavy atom. The van der Waals surface area contributed by atoms with Crippen molar-refractivity contribution in [2.45, 2.75) is 6.92 Å². The fraction of sp³-hybridized carbons (Fsp3) is 0.0556. The minimum atomic E-state index is -1.10. The van der Waals surface area contributed by atoms with Crippen LogP contribution in [0.25, 0.3) is 10.4 Å². The first-order valence-electron chi connectivity index (χ1n) is 7.65. The highest BCUT2D eigenvalue weighted by Crippen LogP contribution is 2.44. The van der Waals surface area contributed by atoms with E-state index in [1.807, 2.05) is 24.3 Å². The zero-order valence-electron chi connectivity index (χ0n) is 13.9. The standard InChI is InChI=1S/C18H13BrN2O4S2/c1-2-20-21(17(23)13-7-8-14(27-13)18(24)25)12-9-26-16(15(12)22)10-3-5-11(19)6-4-10/h2-9,22H,1H3,(H,24,25). The molecule has 0 aliphatic heterocycles. The van der Waals surface area contributed by atoms with Crippen LogP contribution in [0.15, 0.2) is 51.4 Å². The molecular formula is C18H13BrN2O4S2. The second-order valence-corrected chi connectivity index (χ2v) is 8.14. The first-order chi connectivity index (χ1) is 12.9. The van der Waals surface area contributed by atoms with Crippen molar-refractivity contribution in [1.29, 1.82) is 0 Å². The number of carbonyl (C=O) groups excluding carboxylic acids is 1. The molecule has 0 aliphatic carbocycles. The van der Waals surface area contributed by atoms with Crippen molar-refractivity contribution < 1.29 is 19.8 Å². The number of carboxylic acids is 1. The number of hydrogen-bond donors (Lipinski definition) is 2. The molecule has 138 valence electrons. The van der Waals surface area contributed by atoms with E-state index < -0.39 is 11.9 Å². The van der Waals surface area contributed by atoms with Gasteiger partial charge < -0.3 is 10.2 Å². The van der Waals surface area contributed by atoms with Crippen LogP contribution in [0.4, 0.5) is 5.69 Å². The maximum Gasteiger partial charge on any atom is 0.345 e. The van der Waals surface area contributed by atoms with Crippen LogP contribution in [0, 0.1) is 0 Å². The van der Waals surface area contributed by atoms with Gasteiger partial charge in [0.15, 0.2) is 5.75 Å². The third-order valence-electron chi connectivity index (χ3n) is 3.53. The monoisotopic (exact) mass is 464 g/mol. The molecule has 9 heteroatoms. The quantitative estimate of drug-likeness (QED) is 0.396. The Bertz CT molecular complexity index is 1020. The van der Waals surface area contributed by atoms with E-state index in [1.165, 1.54) is 29.7 Å². The van der Waals surface area contributed by atoms with Crippen LogP contribution in [0.2, 0.25) is 0 Å². The molecular weight excluding hydrogens is 452 g/mol. The molecule has 0 atom stereocenters. The normalized spacial score (nSPS) is 11.0. The van der Waals surface area contributed by atoms with E-state index in [0.717, 1.165) is 26.4 Å². The van der Waals surface area contributed by atoms with Crippen molar-refractivity contribution in [1.82, 2.24) is 0 Å². The molecule has 0 aliphatic rings. The van der Waals surface area contributed by atoms with E-state index >= 15 is 0 Å². The topological polar surface area (TPSA) is 90.2 Å². The van der Waals surface area contributed by atoms with Gasteiger partial charge in [-0.05, 0) is 36.8 Å². The molecule has 2 heterocycles. The number of carboxylic acid groups (broad SMARTS) is 1. The Hall–Kier alpha value is -2.49. The number of benzene rings is 1. The summed E-state index contributed by atoms with van der Waals surface area (Å²) < 4.78 is 0.918. The van der Waals surface area contributed by atoms with Crippen LogP contribution in [-0.4, -0.2) is 28.3 Å². The maximum atomic E-state index is 12.8. The summed E-state index contributed by atoms with van der Waals surface area (Å²) in [5.41, 5.74) is 1.05. The van der Waals surface area contributed by atoms with Crippen LogP contribution in [0.5, 0.6) is 5.75 Å². The lowest BCUT2D eigenvalue weighted by Gasteiger charge is -2.15. The number of carbonyl (C=O) groups is 2. The summed E-state index contributed by atoms with van der Waals surface area (Å²) in [7, 11) is 0. The van der Waals surface area contributed by atoms with Gasteiger partial charge in [-0.1, -0.05) is 28.1 Å². The lowest BCUT2D eigenvalue weighted by molar-refractivity contribution is 0.0702. The first-order valence-corrected chi connectivity index (χ1v) is 10.1. The predicted molar refractivity (Wildman–Crippen MR) is 111 cm³/mol. The number of aromatic carboxylic acids is 1. The average molecular weight is 465 g/mol. The van der Waals surface area contributed by atoms with E-state index in [1.54, 1.807) is 12.3 Å². The first kappa shape index (κ1) is 19.3. The third-order valence-corrected chi connectivity index (χ3v) is 6.13. The number of hydrogen-bond acceptors (Lipinski definition) is 6. The van der Waals surface area contributed by atoms with Crippen LogP contribution < -0.4 is 5.01 Å². The van der Waals surface area contributed by atoms with Crippen LogP contribution in [0.3, 0.4) is 0 Å². The SMILES string of the molecule is CC=NN(C(=O)c1ccc(C(=O)O)s1)c1csc(-c2ccc(Br)cc2)c1O. The van der Waals surface area contributed by atoms with Gasteiger partial charge in [-0.15, -0.1) is 22.7 Å². The Balaban J connectivity index is 1.99. The summed E-state index contributed by atoms with van der Waals surface area (Å²) in [6.07, 6.45) is 1.43. The van der Waals surface area contributed by atoms with Crippen molar-refractivity contribution in [3.63, 3.8) is 0 Å². The van der Waals surface area contributed by atoms with Crippen molar-refractivity contribution in [3.8, 4) is 16.2 Å². The summed E-state index contributed by atoms with van der Waals surface area (Å²) in [5, 5.41) is 26.5. The van der Waals surface area contributed by atoms with Crippen LogP contribution in [0.1, 0.15) is 26.3 Å². The van der Waals surface area contributed by atoms with Gasteiger partial charge in [0.2, 0.25) is 0 Å². The van der Waals surface area contributed by atoms with Crippen LogP contribution in [-0.2, 0) is 0 Å². The molecule has 0 radical (unpaired) electrons. The van der Waals surface area contributed by atoms with E-state index in [4.69, 9.17) is 5.11 Å². The second-order valence-electron chi connectivity index (χ2n) is 5.27. The number of amides is 1. The molecule has 3 rings (SSSR count). The molecule has 2 aromatic heterocycles. The van der Waals surface area contributed by atoms with E-state index in [0.29, 0.717) is 4.88 Å². The van der Waals surface area contributed by atoms with Gasteiger partial charge in [-0.25, -0.2) is 4.79 Å². The van der Waals surface area contributed by atoms with Gasteiger partial charge in [0.1, 0.15) is 10.6 Å². The molecule has 0 fully saturated rings. The fourth-order valence-corrected chi connectivity index (χ4v) is 4.27. The van der Waals surface area contributed by atoms with Gasteiger partial charge in [-0.3, -0.25) is 4.79 Å². The zero-order chi connectivity index (χ0) is 19.6. The number of nitrogens with zero attached hydrogens (tertiary/aromatic N) is 2. The molecule has 3 aromatic rings. The van der Waals surface area contributed by atoms with Gasteiger partial charge in [0.25, 0.3) is 5.91 Å². The smallest absolute Gasteiger partial charge is 0.345 e. The molecule has 1 amide bonds. The van der Waals surface area contributed by atoms with Gasteiger partial charge in [-0.2, -0.15) is 10.1 Å². The highest BCUT2D eigenvalue weighted by atomic mass is 79.9. The second kappa shape index (κ2) is 8.03. The lowest BCUT2D eigenvalue weighted by Crippen LogP contribution is -2.24. The van der Waals surface area contributed by atoms with Crippen LogP contribution >= 0.6 is 38.6 Å². The molecule has 6 nitrogen and oxygen atoms in total. The molecule has 0 spiro atoms. The number of aromatic hydroxyl groups is 1. The van der Waals surface area contributed by atoms with Gasteiger partial charge >= 0.3 is 5.97 Å². The number of rotatable bonds is 5. The highest BCUT2D eigenvalue weighted by Gasteiger charge is 2.25. The molecule has 0 saturated carbocycles. The predicted octanol–water partition coefficient (Wildman–Crippen LogP) is 5.30. The number of hydrazone groups is 1. The summed E-state index contributed by atoms with van der Waals surface area (Å²) >= 11 is 5.52. The Kier molecular flexibility index (Phi) is 5.73. The minimum Gasteiger partial charge on any atom is -0.504 e. The Morgan fingerprint density at radius 3 is 2.41 bits per heavy atom. The van der Waals surface area contributed by atoms with Crippen molar-refractivity contribution in [2.24, 2.45) is 5.10 Å². The number of halogens is 1. The van der Waals surface area contributed by atoms with E-state index in [-0.39, 0.29) is 21.2 Å². The maximum absolute atomic E-state index is 12.8. The fourth-order valence-electron chi connectivity index (χ4n) is 2.31.